The number of hydrogen-bond acceptors (Lipinski definition) is 5. The summed E-state index contributed by atoms with van der Waals surface area (Å²) < 4.78 is 83.9. The lowest BCUT2D eigenvalue weighted by Gasteiger charge is -2.33. The monoisotopic (exact) mass is 458 g/mol. The van der Waals surface area contributed by atoms with Gasteiger partial charge in [0, 0.05) is 23.0 Å². The Kier molecular flexibility index (Phi) is 6.06. The highest BCUT2D eigenvalue weighted by atomic mass is 35.5. The van der Waals surface area contributed by atoms with Crippen molar-refractivity contribution in [2.75, 3.05) is 18.2 Å². The lowest BCUT2D eigenvalue weighted by molar-refractivity contribution is -0.375. The fraction of sp³-hybridized carbons (Fsp3) is 0.235. The number of hydrogen-bond donors (Lipinski definition) is 4. The van der Waals surface area contributed by atoms with E-state index in [-0.39, 0.29) is 27.7 Å². The summed E-state index contributed by atoms with van der Waals surface area (Å²) in [5.41, 5.74) is -3.29. The normalized spacial score (nSPS) is 12.6. The Balaban J connectivity index is 2.59. The quantitative estimate of drug-likeness (QED) is 0.383. The number of anilines is 3. The van der Waals surface area contributed by atoms with E-state index in [0.29, 0.717) is 6.07 Å². The molecule has 0 aliphatic heterocycles. The topological polar surface area (TPSA) is 105 Å². The number of methoxy groups -OCH3 is 1. The number of aliphatic hydroxyl groups is 1. The van der Waals surface area contributed by atoms with Crippen molar-refractivity contribution >= 4 is 34.6 Å². The van der Waals surface area contributed by atoms with Crippen LogP contribution in [-0.4, -0.2) is 35.6 Å². The van der Waals surface area contributed by atoms with Gasteiger partial charge in [-0.3, -0.25) is 0 Å². The molecule has 0 radical (unpaired) electrons. The number of nitrogens with one attached hydrogen (secondary N) is 1. The molecule has 0 heterocycles. The number of carbonyl (C=O) groups is 1. The van der Waals surface area contributed by atoms with E-state index in [9.17, 15) is 36.2 Å². The summed E-state index contributed by atoms with van der Waals surface area (Å²) in [6, 6.07) is 4.20. The molecular formula is C17H13ClF6N2O4. The molecule has 5 N–H and O–H groups in total. The third-order valence-corrected chi connectivity index (χ3v) is 4.37. The number of alkyl halides is 6. The fourth-order valence-corrected chi connectivity index (χ4v) is 2.77. The van der Waals surface area contributed by atoms with Gasteiger partial charge in [0.05, 0.1) is 17.8 Å². The molecule has 6 nitrogen and oxygen atoms in total. The van der Waals surface area contributed by atoms with E-state index in [4.69, 9.17) is 27.2 Å². The smallest absolute Gasteiger partial charge is 0.430 e. The summed E-state index contributed by atoms with van der Waals surface area (Å²) in [5.74, 6) is -1.55. The lowest BCUT2D eigenvalue weighted by atomic mass is 9.90. The number of carboxylic acid groups (broad SMARTS) is 1. The van der Waals surface area contributed by atoms with Crippen LogP contribution in [0.25, 0.3) is 0 Å². The standard InChI is InChI=1S/C17H13ClF6N2O4/c1-30-13-6-12(10(18)5-8(13)14(27)28)26-7-2-3-11(25)9(4-7)15(29,16(19,20)21)17(22,23)24/h2-6,26,29H,25H2,1H3,(H,27,28). The molecule has 30 heavy (non-hydrogen) atoms. The molecule has 164 valence electrons. The lowest BCUT2D eigenvalue weighted by Crippen LogP contribution is -2.54. The summed E-state index contributed by atoms with van der Waals surface area (Å²) in [5, 5.41) is 20.9. The molecule has 0 aromatic heterocycles. The van der Waals surface area contributed by atoms with E-state index in [2.05, 4.69) is 5.32 Å². The van der Waals surface area contributed by atoms with Crippen LogP contribution in [-0.2, 0) is 5.60 Å². The van der Waals surface area contributed by atoms with Gasteiger partial charge >= 0.3 is 18.3 Å². The van der Waals surface area contributed by atoms with Gasteiger partial charge in [0.1, 0.15) is 11.3 Å². The second-order valence-corrected chi connectivity index (χ2v) is 6.38. The summed E-state index contributed by atoms with van der Waals surface area (Å²) in [4.78, 5) is 11.2. The van der Waals surface area contributed by atoms with Gasteiger partial charge in [0.25, 0.3) is 5.60 Å². The molecule has 0 saturated heterocycles. The predicted molar refractivity (Wildman–Crippen MR) is 95.1 cm³/mol. The molecule has 2 rings (SSSR count). The Morgan fingerprint density at radius 2 is 1.67 bits per heavy atom. The zero-order chi connectivity index (χ0) is 23.1. The third-order valence-electron chi connectivity index (χ3n) is 4.06. The Hall–Kier alpha value is -2.86. The highest BCUT2D eigenvalue weighted by molar-refractivity contribution is 6.33. The SMILES string of the molecule is COc1cc(Nc2ccc(N)c(C(O)(C(F)(F)F)C(F)(F)F)c2)c(Cl)cc1C(=O)O. The number of benzene rings is 2. The number of halogens is 7. The molecule has 2 aromatic carbocycles. The average molecular weight is 459 g/mol. The van der Waals surface area contributed by atoms with Crippen LogP contribution in [0.2, 0.25) is 5.02 Å². The van der Waals surface area contributed by atoms with Crippen molar-refractivity contribution in [2.24, 2.45) is 0 Å². The van der Waals surface area contributed by atoms with Gasteiger partial charge in [-0.05, 0) is 24.3 Å². The number of rotatable bonds is 5. The number of ether oxygens (including phenoxy) is 1. The minimum atomic E-state index is -6.12. The second-order valence-electron chi connectivity index (χ2n) is 5.97. The molecule has 0 saturated carbocycles. The molecule has 0 spiro atoms. The third kappa shape index (κ3) is 4.05. The first kappa shape index (κ1) is 23.4. The van der Waals surface area contributed by atoms with E-state index in [1.807, 2.05) is 0 Å². The van der Waals surface area contributed by atoms with E-state index >= 15 is 0 Å². The highest BCUT2D eigenvalue weighted by Crippen LogP contribution is 2.52. The van der Waals surface area contributed by atoms with Crippen LogP contribution in [0.1, 0.15) is 15.9 Å². The zero-order valence-electron chi connectivity index (χ0n) is 14.8. The van der Waals surface area contributed by atoms with Crippen LogP contribution < -0.4 is 15.8 Å². The van der Waals surface area contributed by atoms with E-state index in [0.717, 1.165) is 31.4 Å². The fourth-order valence-electron chi connectivity index (χ4n) is 2.55. The van der Waals surface area contributed by atoms with Crippen molar-refractivity contribution in [3.8, 4) is 5.75 Å². The van der Waals surface area contributed by atoms with E-state index < -0.39 is 35.2 Å². The van der Waals surface area contributed by atoms with Gasteiger partial charge in [-0.15, -0.1) is 0 Å². The number of carboxylic acids is 1. The van der Waals surface area contributed by atoms with E-state index in [1.165, 1.54) is 0 Å². The first-order valence-electron chi connectivity index (χ1n) is 7.77. The molecule has 0 amide bonds. The molecule has 0 unspecified atom stereocenters. The first-order valence-corrected chi connectivity index (χ1v) is 8.15. The Morgan fingerprint density at radius 3 is 2.13 bits per heavy atom. The molecule has 0 atom stereocenters. The van der Waals surface area contributed by atoms with Gasteiger partial charge in [-0.1, -0.05) is 11.6 Å². The minimum Gasteiger partial charge on any atom is -0.496 e. The summed E-state index contributed by atoms with van der Waals surface area (Å²) in [7, 11) is 1.15. The van der Waals surface area contributed by atoms with Crippen molar-refractivity contribution in [2.45, 2.75) is 18.0 Å². The number of nitrogen functional groups attached to an aromatic ring is 1. The van der Waals surface area contributed by atoms with Crippen LogP contribution >= 0.6 is 11.6 Å². The van der Waals surface area contributed by atoms with Gasteiger partial charge in [0.15, 0.2) is 0 Å². The van der Waals surface area contributed by atoms with Crippen LogP contribution in [0.3, 0.4) is 0 Å². The maximum absolute atomic E-state index is 13.2. The van der Waals surface area contributed by atoms with Gasteiger partial charge < -0.3 is 26.0 Å². The molecule has 0 aliphatic rings. The first-order chi connectivity index (χ1) is 13.6. The maximum Gasteiger partial charge on any atom is 0.430 e. The van der Waals surface area contributed by atoms with Crippen molar-refractivity contribution in [1.82, 2.24) is 0 Å². The van der Waals surface area contributed by atoms with Crippen molar-refractivity contribution < 1.29 is 46.1 Å². The van der Waals surface area contributed by atoms with Crippen molar-refractivity contribution in [3.05, 3.63) is 46.5 Å². The predicted octanol–water partition coefficient (Wildman–Crippen LogP) is 4.68. The van der Waals surface area contributed by atoms with Crippen LogP contribution in [0.5, 0.6) is 5.75 Å². The van der Waals surface area contributed by atoms with Crippen LogP contribution in [0.15, 0.2) is 30.3 Å². The van der Waals surface area contributed by atoms with Crippen molar-refractivity contribution in [3.63, 3.8) is 0 Å². The zero-order valence-corrected chi connectivity index (χ0v) is 15.6. The molecule has 2 aromatic rings. The summed E-state index contributed by atoms with van der Waals surface area (Å²) in [6.07, 6.45) is -12.2. The number of nitrogens with two attached hydrogens (primary N) is 1. The van der Waals surface area contributed by atoms with Crippen LogP contribution in [0.4, 0.5) is 43.4 Å². The molecule has 0 fully saturated rings. The average Bonchev–Trinajstić information content (AvgIpc) is 2.61. The Labute approximate surface area is 169 Å². The maximum atomic E-state index is 13.2. The largest absolute Gasteiger partial charge is 0.496 e. The molecular weight excluding hydrogens is 446 g/mol. The van der Waals surface area contributed by atoms with Gasteiger partial charge in [0.2, 0.25) is 0 Å². The van der Waals surface area contributed by atoms with Gasteiger partial charge in [-0.2, -0.15) is 26.3 Å². The Morgan fingerprint density at radius 1 is 1.10 bits per heavy atom. The molecule has 13 heteroatoms. The summed E-state index contributed by atoms with van der Waals surface area (Å²) >= 11 is 5.94. The van der Waals surface area contributed by atoms with Crippen LogP contribution in [0, 0.1) is 0 Å². The second kappa shape index (κ2) is 7.76. The Bertz CT molecular complexity index is 964. The van der Waals surface area contributed by atoms with Crippen molar-refractivity contribution in [1.29, 1.82) is 0 Å². The molecule has 0 bridgehead atoms. The van der Waals surface area contributed by atoms with E-state index in [1.54, 1.807) is 0 Å². The summed E-state index contributed by atoms with van der Waals surface area (Å²) in [6.45, 7) is 0. The number of aromatic carboxylic acids is 1. The highest BCUT2D eigenvalue weighted by Gasteiger charge is 2.72. The van der Waals surface area contributed by atoms with Gasteiger partial charge in [-0.25, -0.2) is 4.79 Å². The molecule has 0 aliphatic carbocycles. The minimum absolute atomic E-state index is 0.0863.